The third kappa shape index (κ3) is 4.04. The van der Waals surface area contributed by atoms with Gasteiger partial charge >= 0.3 is 0 Å². The second-order valence-corrected chi connectivity index (χ2v) is 5.77. The van der Waals surface area contributed by atoms with E-state index in [1.165, 1.54) is 0 Å². The zero-order valence-electron chi connectivity index (χ0n) is 13.2. The third-order valence-corrected chi connectivity index (χ3v) is 4.28. The smallest absolute Gasteiger partial charge is 0.0797 e. The Bertz CT molecular complexity index is 413. The quantitative estimate of drug-likeness (QED) is 0.801. The van der Waals surface area contributed by atoms with Gasteiger partial charge in [0, 0.05) is 19.6 Å². The second-order valence-electron chi connectivity index (χ2n) is 5.77. The van der Waals surface area contributed by atoms with E-state index in [-0.39, 0.29) is 6.61 Å². The van der Waals surface area contributed by atoms with Gasteiger partial charge in [-0.2, -0.15) is 0 Å². The first-order chi connectivity index (χ1) is 10.2. The fourth-order valence-electron chi connectivity index (χ4n) is 3.09. The minimum Gasteiger partial charge on any atom is -0.394 e. The van der Waals surface area contributed by atoms with Gasteiger partial charge in [-0.3, -0.25) is 4.90 Å². The monoisotopic (exact) mass is 292 g/mol. The molecule has 1 aliphatic heterocycles. The molecule has 0 radical (unpaired) electrons. The predicted octanol–water partition coefficient (Wildman–Crippen LogP) is 1.59. The highest BCUT2D eigenvalue weighted by molar-refractivity contribution is 5.25. The van der Waals surface area contributed by atoms with Crippen molar-refractivity contribution in [3.8, 4) is 0 Å². The van der Waals surface area contributed by atoms with E-state index < -0.39 is 5.54 Å². The molecule has 1 aromatic rings. The molecule has 2 atom stereocenters. The molecule has 1 aromatic carbocycles. The lowest BCUT2D eigenvalue weighted by Crippen LogP contribution is -2.56. The fourth-order valence-corrected chi connectivity index (χ4v) is 3.09. The highest BCUT2D eigenvalue weighted by Gasteiger charge is 2.34. The van der Waals surface area contributed by atoms with E-state index in [2.05, 4.69) is 36.2 Å². The van der Waals surface area contributed by atoms with Gasteiger partial charge in [0.1, 0.15) is 0 Å². The van der Waals surface area contributed by atoms with Crippen molar-refractivity contribution in [3.05, 3.63) is 35.9 Å². The minimum absolute atomic E-state index is 0.0962. The van der Waals surface area contributed by atoms with E-state index in [0.29, 0.717) is 6.10 Å². The van der Waals surface area contributed by atoms with Crippen LogP contribution in [0, 0.1) is 0 Å². The van der Waals surface area contributed by atoms with Crippen molar-refractivity contribution in [1.29, 1.82) is 0 Å². The topological polar surface area (TPSA) is 44.7 Å². The number of hydrogen-bond donors (Lipinski definition) is 2. The van der Waals surface area contributed by atoms with Crippen molar-refractivity contribution >= 4 is 0 Å². The van der Waals surface area contributed by atoms with E-state index in [1.807, 2.05) is 18.2 Å². The Balaban J connectivity index is 2.16. The number of nitrogens with one attached hydrogen (secondary N) is 1. The molecular formula is C17H28N2O2. The lowest BCUT2D eigenvalue weighted by molar-refractivity contribution is -0.0423. The molecule has 1 aliphatic rings. The SMILES string of the molecule is CCNC(CO)(CN1CCOC(CC)C1)c1ccccc1. The van der Waals surface area contributed by atoms with Gasteiger partial charge < -0.3 is 15.2 Å². The van der Waals surface area contributed by atoms with Crippen molar-refractivity contribution in [2.24, 2.45) is 0 Å². The van der Waals surface area contributed by atoms with Gasteiger partial charge in [0.15, 0.2) is 0 Å². The van der Waals surface area contributed by atoms with Crippen LogP contribution < -0.4 is 5.32 Å². The molecule has 4 nitrogen and oxygen atoms in total. The molecule has 0 aromatic heterocycles. The number of aliphatic hydroxyl groups excluding tert-OH is 1. The highest BCUT2D eigenvalue weighted by Crippen LogP contribution is 2.23. The van der Waals surface area contributed by atoms with Gasteiger partial charge in [0.25, 0.3) is 0 Å². The Kier molecular flexibility index (Phi) is 6.18. The van der Waals surface area contributed by atoms with Crippen LogP contribution in [0.15, 0.2) is 30.3 Å². The van der Waals surface area contributed by atoms with Crippen LogP contribution in [-0.2, 0) is 10.3 Å². The van der Waals surface area contributed by atoms with E-state index in [0.717, 1.165) is 44.8 Å². The third-order valence-electron chi connectivity index (χ3n) is 4.28. The van der Waals surface area contributed by atoms with Crippen LogP contribution in [0.5, 0.6) is 0 Å². The molecule has 0 spiro atoms. The number of nitrogens with zero attached hydrogens (tertiary/aromatic N) is 1. The fraction of sp³-hybridized carbons (Fsp3) is 0.647. The predicted molar refractivity (Wildman–Crippen MR) is 85.4 cm³/mol. The first-order valence-corrected chi connectivity index (χ1v) is 7.99. The molecule has 2 N–H and O–H groups in total. The van der Waals surface area contributed by atoms with Gasteiger partial charge in [-0.1, -0.05) is 44.2 Å². The maximum absolute atomic E-state index is 10.1. The molecule has 118 valence electrons. The lowest BCUT2D eigenvalue weighted by Gasteiger charge is -2.41. The summed E-state index contributed by atoms with van der Waals surface area (Å²) in [6.45, 7) is 8.63. The molecule has 1 fully saturated rings. The second kappa shape index (κ2) is 7.90. The molecule has 21 heavy (non-hydrogen) atoms. The summed E-state index contributed by atoms with van der Waals surface area (Å²) in [5.74, 6) is 0. The van der Waals surface area contributed by atoms with E-state index in [4.69, 9.17) is 4.74 Å². The summed E-state index contributed by atoms with van der Waals surface area (Å²) < 4.78 is 5.75. The molecule has 2 unspecified atom stereocenters. The van der Waals surface area contributed by atoms with Crippen LogP contribution in [0.2, 0.25) is 0 Å². The number of ether oxygens (including phenoxy) is 1. The lowest BCUT2D eigenvalue weighted by atomic mass is 9.89. The first-order valence-electron chi connectivity index (χ1n) is 7.99. The average Bonchev–Trinajstić information content (AvgIpc) is 2.55. The summed E-state index contributed by atoms with van der Waals surface area (Å²) in [6, 6.07) is 10.3. The summed E-state index contributed by atoms with van der Waals surface area (Å²) in [6.07, 6.45) is 1.35. The standard InChI is InChI=1S/C17H28N2O2/c1-3-16-12-19(10-11-21-16)13-17(14-20,18-4-2)15-8-6-5-7-9-15/h5-9,16,18,20H,3-4,10-14H2,1-2H3. The maximum Gasteiger partial charge on any atom is 0.0797 e. The molecule has 2 rings (SSSR count). The van der Waals surface area contributed by atoms with Crippen LogP contribution >= 0.6 is 0 Å². The maximum atomic E-state index is 10.1. The number of benzene rings is 1. The molecule has 0 amide bonds. The molecule has 1 saturated heterocycles. The van der Waals surface area contributed by atoms with Crippen LogP contribution in [0.3, 0.4) is 0 Å². The number of hydrogen-bond acceptors (Lipinski definition) is 4. The molecular weight excluding hydrogens is 264 g/mol. The highest BCUT2D eigenvalue weighted by atomic mass is 16.5. The van der Waals surface area contributed by atoms with Gasteiger partial charge in [-0.15, -0.1) is 0 Å². The number of rotatable bonds is 7. The normalized spacial score (nSPS) is 22.9. The van der Waals surface area contributed by atoms with Crippen LogP contribution in [0.1, 0.15) is 25.8 Å². The Labute approximate surface area is 128 Å². The van der Waals surface area contributed by atoms with Crippen LogP contribution in [0.25, 0.3) is 0 Å². The van der Waals surface area contributed by atoms with Crippen molar-refractivity contribution in [2.45, 2.75) is 31.9 Å². The number of likely N-dealkylation sites (N-methyl/N-ethyl adjacent to an activating group) is 1. The van der Waals surface area contributed by atoms with Crippen LogP contribution in [-0.4, -0.2) is 55.5 Å². The van der Waals surface area contributed by atoms with E-state index in [9.17, 15) is 5.11 Å². The van der Waals surface area contributed by atoms with Crippen LogP contribution in [0.4, 0.5) is 0 Å². The average molecular weight is 292 g/mol. The zero-order chi connectivity index (χ0) is 15.1. The van der Waals surface area contributed by atoms with Crippen molar-refractivity contribution in [2.75, 3.05) is 39.4 Å². The van der Waals surface area contributed by atoms with Gasteiger partial charge in [-0.25, -0.2) is 0 Å². The summed E-state index contributed by atoms with van der Waals surface area (Å²) in [5.41, 5.74) is 0.750. The Morgan fingerprint density at radius 2 is 2.10 bits per heavy atom. The Morgan fingerprint density at radius 1 is 1.33 bits per heavy atom. The zero-order valence-corrected chi connectivity index (χ0v) is 13.2. The first kappa shape index (κ1) is 16.4. The summed E-state index contributed by atoms with van der Waals surface area (Å²) in [7, 11) is 0. The van der Waals surface area contributed by atoms with Gasteiger partial charge in [-0.05, 0) is 18.5 Å². The molecule has 1 heterocycles. The summed E-state index contributed by atoms with van der Waals surface area (Å²) >= 11 is 0. The Morgan fingerprint density at radius 3 is 2.71 bits per heavy atom. The Hall–Kier alpha value is -0.940. The molecule has 0 bridgehead atoms. The van der Waals surface area contributed by atoms with E-state index in [1.54, 1.807) is 0 Å². The van der Waals surface area contributed by atoms with Crippen molar-refractivity contribution in [3.63, 3.8) is 0 Å². The van der Waals surface area contributed by atoms with Crippen molar-refractivity contribution in [1.82, 2.24) is 10.2 Å². The van der Waals surface area contributed by atoms with Gasteiger partial charge in [0.05, 0.1) is 24.9 Å². The number of aliphatic hydroxyl groups is 1. The van der Waals surface area contributed by atoms with E-state index >= 15 is 0 Å². The summed E-state index contributed by atoms with van der Waals surface area (Å²) in [5, 5.41) is 13.6. The number of morpholine rings is 1. The molecule has 0 aliphatic carbocycles. The minimum atomic E-state index is -0.397. The van der Waals surface area contributed by atoms with Gasteiger partial charge in [0.2, 0.25) is 0 Å². The largest absolute Gasteiger partial charge is 0.394 e. The molecule has 0 saturated carbocycles. The van der Waals surface area contributed by atoms with Crippen molar-refractivity contribution < 1.29 is 9.84 Å². The summed E-state index contributed by atoms with van der Waals surface area (Å²) in [4.78, 5) is 2.41. The molecule has 4 heteroatoms.